The zero-order chi connectivity index (χ0) is 13.0. The van der Waals surface area contributed by atoms with Crippen molar-refractivity contribution in [2.24, 2.45) is 17.3 Å². The summed E-state index contributed by atoms with van der Waals surface area (Å²) in [7, 11) is 0. The van der Waals surface area contributed by atoms with Crippen molar-refractivity contribution >= 4 is 5.97 Å². The summed E-state index contributed by atoms with van der Waals surface area (Å²) < 4.78 is 5.52. The van der Waals surface area contributed by atoms with Crippen LogP contribution >= 0.6 is 0 Å². The van der Waals surface area contributed by atoms with Gasteiger partial charge in [-0.2, -0.15) is 0 Å². The number of carboxylic acids is 1. The molecule has 0 bridgehead atoms. The fourth-order valence-electron chi connectivity index (χ4n) is 3.86. The molecule has 1 heterocycles. The van der Waals surface area contributed by atoms with Gasteiger partial charge in [-0.3, -0.25) is 4.79 Å². The highest BCUT2D eigenvalue weighted by Gasteiger charge is 2.48. The van der Waals surface area contributed by atoms with E-state index in [-0.39, 0.29) is 5.92 Å². The van der Waals surface area contributed by atoms with Gasteiger partial charge in [0.15, 0.2) is 0 Å². The van der Waals surface area contributed by atoms with Crippen molar-refractivity contribution in [2.75, 3.05) is 13.2 Å². The Balaban J connectivity index is 2.02. The molecule has 0 radical (unpaired) electrons. The van der Waals surface area contributed by atoms with Crippen LogP contribution in [0, 0.1) is 17.3 Å². The van der Waals surface area contributed by atoms with Gasteiger partial charge in [0, 0.05) is 6.61 Å². The number of aliphatic carboxylic acids is 1. The molecule has 0 amide bonds. The first-order valence-electron chi connectivity index (χ1n) is 7.50. The largest absolute Gasteiger partial charge is 0.481 e. The number of carboxylic acid groups (broad SMARTS) is 1. The van der Waals surface area contributed by atoms with Gasteiger partial charge in [-0.05, 0) is 50.4 Å². The average molecular weight is 254 g/mol. The normalized spacial score (nSPS) is 37.4. The number of carbonyl (C=O) groups is 1. The summed E-state index contributed by atoms with van der Waals surface area (Å²) in [6, 6.07) is 0. The minimum Gasteiger partial charge on any atom is -0.481 e. The molecule has 0 aromatic carbocycles. The van der Waals surface area contributed by atoms with Gasteiger partial charge in [0.2, 0.25) is 0 Å². The van der Waals surface area contributed by atoms with Gasteiger partial charge in [-0.1, -0.05) is 19.8 Å². The summed E-state index contributed by atoms with van der Waals surface area (Å²) in [5.74, 6) is 0.422. The Morgan fingerprint density at radius 1 is 1.33 bits per heavy atom. The Hall–Kier alpha value is -0.570. The van der Waals surface area contributed by atoms with Gasteiger partial charge < -0.3 is 9.84 Å². The van der Waals surface area contributed by atoms with Crippen molar-refractivity contribution in [1.82, 2.24) is 0 Å². The number of hydrogen-bond donors (Lipinski definition) is 1. The standard InChI is InChI=1S/C15H26O3/c1-2-4-12-6-8-15(9-7-12,14(16)17)13-5-3-10-18-11-13/h12-13H,2-11H2,1H3,(H,16,17). The third-order valence-electron chi connectivity index (χ3n) is 5.06. The van der Waals surface area contributed by atoms with E-state index in [9.17, 15) is 9.90 Å². The van der Waals surface area contributed by atoms with Crippen LogP contribution in [0.5, 0.6) is 0 Å². The summed E-state index contributed by atoms with van der Waals surface area (Å²) in [6.45, 7) is 3.68. The van der Waals surface area contributed by atoms with Gasteiger partial charge in [0.25, 0.3) is 0 Å². The molecule has 1 saturated heterocycles. The second-order valence-electron chi connectivity index (χ2n) is 6.11. The van der Waals surface area contributed by atoms with Crippen molar-refractivity contribution in [2.45, 2.75) is 58.3 Å². The zero-order valence-corrected chi connectivity index (χ0v) is 11.5. The molecular formula is C15H26O3. The highest BCUT2D eigenvalue weighted by atomic mass is 16.5. The first kappa shape index (κ1) is 13.9. The van der Waals surface area contributed by atoms with Crippen molar-refractivity contribution in [3.63, 3.8) is 0 Å². The molecule has 1 atom stereocenters. The number of hydrogen-bond acceptors (Lipinski definition) is 2. The van der Waals surface area contributed by atoms with Gasteiger partial charge >= 0.3 is 5.97 Å². The van der Waals surface area contributed by atoms with E-state index >= 15 is 0 Å². The molecule has 18 heavy (non-hydrogen) atoms. The highest BCUT2D eigenvalue weighted by Crippen LogP contribution is 2.48. The van der Waals surface area contributed by atoms with Crippen LogP contribution in [-0.4, -0.2) is 24.3 Å². The fraction of sp³-hybridized carbons (Fsp3) is 0.933. The van der Waals surface area contributed by atoms with Crippen LogP contribution in [0.15, 0.2) is 0 Å². The minimum atomic E-state index is -0.576. The van der Waals surface area contributed by atoms with E-state index < -0.39 is 11.4 Å². The molecule has 0 spiro atoms. The predicted molar refractivity (Wildman–Crippen MR) is 70.5 cm³/mol. The van der Waals surface area contributed by atoms with E-state index in [0.29, 0.717) is 6.61 Å². The zero-order valence-electron chi connectivity index (χ0n) is 11.5. The SMILES string of the molecule is CCCC1CCC(C(=O)O)(C2CCCOC2)CC1. The predicted octanol–water partition coefficient (Wildman–Crippen LogP) is 3.47. The summed E-state index contributed by atoms with van der Waals surface area (Å²) in [5, 5.41) is 9.70. The van der Waals surface area contributed by atoms with E-state index in [0.717, 1.165) is 51.0 Å². The van der Waals surface area contributed by atoms with Gasteiger partial charge in [0.05, 0.1) is 12.0 Å². The lowest BCUT2D eigenvalue weighted by Gasteiger charge is -2.43. The molecule has 0 aromatic rings. The summed E-state index contributed by atoms with van der Waals surface area (Å²) in [4.78, 5) is 11.8. The van der Waals surface area contributed by atoms with Crippen LogP contribution in [-0.2, 0) is 9.53 Å². The van der Waals surface area contributed by atoms with Crippen molar-refractivity contribution in [1.29, 1.82) is 0 Å². The summed E-state index contributed by atoms with van der Waals surface area (Å²) in [5.41, 5.74) is -0.481. The quantitative estimate of drug-likeness (QED) is 0.835. The molecule has 1 aliphatic heterocycles. The molecule has 0 aromatic heterocycles. The maximum absolute atomic E-state index is 11.8. The van der Waals surface area contributed by atoms with Crippen LogP contribution in [0.4, 0.5) is 0 Å². The van der Waals surface area contributed by atoms with Crippen molar-refractivity contribution < 1.29 is 14.6 Å². The van der Waals surface area contributed by atoms with E-state index in [2.05, 4.69) is 6.92 Å². The molecule has 1 unspecified atom stereocenters. The number of rotatable bonds is 4. The Labute approximate surface area is 110 Å². The second kappa shape index (κ2) is 6.05. The summed E-state index contributed by atoms with van der Waals surface area (Å²) in [6.07, 6.45) is 8.45. The summed E-state index contributed by atoms with van der Waals surface area (Å²) >= 11 is 0. The van der Waals surface area contributed by atoms with Crippen molar-refractivity contribution in [3.05, 3.63) is 0 Å². The minimum absolute atomic E-state index is 0.242. The van der Waals surface area contributed by atoms with Crippen LogP contribution < -0.4 is 0 Å². The van der Waals surface area contributed by atoms with Crippen molar-refractivity contribution in [3.8, 4) is 0 Å². The molecular weight excluding hydrogens is 228 g/mol. The average Bonchev–Trinajstić information content (AvgIpc) is 2.41. The Bertz CT molecular complexity index is 273. The third-order valence-corrected chi connectivity index (χ3v) is 5.06. The van der Waals surface area contributed by atoms with Gasteiger partial charge in [-0.25, -0.2) is 0 Å². The van der Waals surface area contributed by atoms with E-state index in [1.807, 2.05) is 0 Å². The van der Waals surface area contributed by atoms with Crippen LogP contribution in [0.25, 0.3) is 0 Å². The molecule has 3 heteroatoms. The van der Waals surface area contributed by atoms with E-state index in [1.54, 1.807) is 0 Å². The smallest absolute Gasteiger partial charge is 0.310 e. The number of ether oxygens (including phenoxy) is 1. The lowest BCUT2D eigenvalue weighted by atomic mass is 9.62. The van der Waals surface area contributed by atoms with E-state index in [1.165, 1.54) is 12.8 Å². The van der Waals surface area contributed by atoms with Gasteiger partial charge in [0.1, 0.15) is 0 Å². The van der Waals surface area contributed by atoms with Crippen LogP contribution in [0.1, 0.15) is 58.3 Å². The Morgan fingerprint density at radius 3 is 2.56 bits per heavy atom. The molecule has 104 valence electrons. The van der Waals surface area contributed by atoms with Crippen LogP contribution in [0.3, 0.4) is 0 Å². The first-order valence-corrected chi connectivity index (χ1v) is 7.50. The Morgan fingerprint density at radius 2 is 2.06 bits per heavy atom. The molecule has 2 rings (SSSR count). The second-order valence-corrected chi connectivity index (χ2v) is 6.11. The fourth-order valence-corrected chi connectivity index (χ4v) is 3.86. The Kier molecular flexibility index (Phi) is 4.66. The molecule has 2 fully saturated rings. The molecule has 1 aliphatic carbocycles. The van der Waals surface area contributed by atoms with Crippen LogP contribution in [0.2, 0.25) is 0 Å². The maximum atomic E-state index is 11.8. The molecule has 1 saturated carbocycles. The monoisotopic (exact) mass is 254 g/mol. The molecule has 1 N–H and O–H groups in total. The molecule has 3 nitrogen and oxygen atoms in total. The topological polar surface area (TPSA) is 46.5 Å². The lowest BCUT2D eigenvalue weighted by Crippen LogP contribution is -2.45. The molecule has 2 aliphatic rings. The maximum Gasteiger partial charge on any atom is 0.310 e. The van der Waals surface area contributed by atoms with Gasteiger partial charge in [-0.15, -0.1) is 0 Å². The lowest BCUT2D eigenvalue weighted by molar-refractivity contribution is -0.160. The third kappa shape index (κ3) is 2.71. The van der Waals surface area contributed by atoms with E-state index in [4.69, 9.17) is 4.74 Å². The first-order chi connectivity index (χ1) is 8.69. The highest BCUT2D eigenvalue weighted by molar-refractivity contribution is 5.75.